The standard InChI is InChI=1S/C19H24N2O/c1-4-11-21(12-5-2)18-13-15(3)17(14-20-18)19(22)16-9-7-6-8-10-16/h6-10,13-14H,4-5,11-12H2,1-3H3. The zero-order valence-electron chi connectivity index (χ0n) is 13.7. The molecule has 0 N–H and O–H groups in total. The summed E-state index contributed by atoms with van der Waals surface area (Å²) in [6.07, 6.45) is 3.90. The van der Waals surface area contributed by atoms with Gasteiger partial charge in [0.25, 0.3) is 0 Å². The van der Waals surface area contributed by atoms with Crippen molar-refractivity contribution in [1.29, 1.82) is 0 Å². The zero-order chi connectivity index (χ0) is 15.9. The molecule has 116 valence electrons. The largest absolute Gasteiger partial charge is 0.357 e. The number of carbonyl (C=O) groups excluding carboxylic acids is 1. The van der Waals surface area contributed by atoms with Gasteiger partial charge in [0.05, 0.1) is 0 Å². The zero-order valence-corrected chi connectivity index (χ0v) is 13.7. The summed E-state index contributed by atoms with van der Waals surface area (Å²) in [5, 5.41) is 0. The van der Waals surface area contributed by atoms with Crippen LogP contribution < -0.4 is 4.90 Å². The molecular formula is C19H24N2O. The van der Waals surface area contributed by atoms with Gasteiger partial charge in [-0.25, -0.2) is 4.98 Å². The monoisotopic (exact) mass is 296 g/mol. The number of rotatable bonds is 7. The summed E-state index contributed by atoms with van der Waals surface area (Å²) >= 11 is 0. The van der Waals surface area contributed by atoms with E-state index in [9.17, 15) is 4.79 Å². The minimum Gasteiger partial charge on any atom is -0.357 e. The first kappa shape index (κ1) is 16.2. The highest BCUT2D eigenvalue weighted by Crippen LogP contribution is 2.19. The van der Waals surface area contributed by atoms with E-state index < -0.39 is 0 Å². The molecule has 0 atom stereocenters. The van der Waals surface area contributed by atoms with Gasteiger partial charge in [-0.1, -0.05) is 44.2 Å². The number of anilines is 1. The summed E-state index contributed by atoms with van der Waals surface area (Å²) in [5.41, 5.74) is 2.37. The van der Waals surface area contributed by atoms with E-state index in [4.69, 9.17) is 0 Å². The molecule has 2 aromatic rings. The van der Waals surface area contributed by atoms with Gasteiger partial charge in [0.2, 0.25) is 0 Å². The lowest BCUT2D eigenvalue weighted by Gasteiger charge is -2.23. The van der Waals surface area contributed by atoms with Crippen molar-refractivity contribution in [3.8, 4) is 0 Å². The van der Waals surface area contributed by atoms with Crippen molar-refractivity contribution in [2.45, 2.75) is 33.6 Å². The molecule has 0 aliphatic rings. The lowest BCUT2D eigenvalue weighted by Crippen LogP contribution is -2.26. The molecule has 0 aliphatic carbocycles. The molecule has 1 heterocycles. The van der Waals surface area contributed by atoms with Gasteiger partial charge in [-0.2, -0.15) is 0 Å². The number of benzene rings is 1. The highest BCUT2D eigenvalue weighted by molar-refractivity contribution is 6.09. The third-order valence-corrected chi connectivity index (χ3v) is 3.69. The average Bonchev–Trinajstić information content (AvgIpc) is 2.55. The molecule has 0 radical (unpaired) electrons. The smallest absolute Gasteiger partial charge is 0.194 e. The van der Waals surface area contributed by atoms with Crippen molar-refractivity contribution in [1.82, 2.24) is 4.98 Å². The Hall–Kier alpha value is -2.16. The molecule has 0 unspecified atom stereocenters. The van der Waals surface area contributed by atoms with Crippen LogP contribution in [0.4, 0.5) is 5.82 Å². The minimum absolute atomic E-state index is 0.0367. The maximum Gasteiger partial charge on any atom is 0.194 e. The molecule has 0 spiro atoms. The van der Waals surface area contributed by atoms with Crippen LogP contribution in [0.2, 0.25) is 0 Å². The average molecular weight is 296 g/mol. The minimum atomic E-state index is 0.0367. The van der Waals surface area contributed by atoms with Crippen LogP contribution >= 0.6 is 0 Å². The Kier molecular flexibility index (Phi) is 5.70. The predicted molar refractivity (Wildman–Crippen MR) is 91.6 cm³/mol. The van der Waals surface area contributed by atoms with E-state index >= 15 is 0 Å². The van der Waals surface area contributed by atoms with Crippen molar-refractivity contribution in [3.05, 3.63) is 59.3 Å². The van der Waals surface area contributed by atoms with E-state index in [1.807, 2.05) is 43.3 Å². The Morgan fingerprint density at radius 3 is 2.27 bits per heavy atom. The van der Waals surface area contributed by atoms with Crippen molar-refractivity contribution in [2.24, 2.45) is 0 Å². The Balaban J connectivity index is 2.27. The van der Waals surface area contributed by atoms with Gasteiger partial charge in [-0.05, 0) is 31.4 Å². The number of hydrogen-bond acceptors (Lipinski definition) is 3. The Morgan fingerprint density at radius 2 is 1.73 bits per heavy atom. The summed E-state index contributed by atoms with van der Waals surface area (Å²) in [7, 11) is 0. The van der Waals surface area contributed by atoms with Crippen LogP contribution in [0.25, 0.3) is 0 Å². The van der Waals surface area contributed by atoms with E-state index in [1.165, 1.54) is 0 Å². The van der Waals surface area contributed by atoms with Crippen molar-refractivity contribution >= 4 is 11.6 Å². The molecule has 0 bridgehead atoms. The molecule has 0 aliphatic heterocycles. The highest BCUT2D eigenvalue weighted by Gasteiger charge is 2.14. The lowest BCUT2D eigenvalue weighted by molar-refractivity contribution is 0.103. The number of nitrogens with zero attached hydrogens (tertiary/aromatic N) is 2. The summed E-state index contributed by atoms with van der Waals surface area (Å²) < 4.78 is 0. The van der Waals surface area contributed by atoms with E-state index in [-0.39, 0.29) is 5.78 Å². The number of aryl methyl sites for hydroxylation is 1. The highest BCUT2D eigenvalue weighted by atomic mass is 16.1. The van der Waals surface area contributed by atoms with Crippen LogP contribution in [-0.2, 0) is 0 Å². The second kappa shape index (κ2) is 7.74. The van der Waals surface area contributed by atoms with Crippen LogP contribution in [0.1, 0.15) is 48.2 Å². The van der Waals surface area contributed by atoms with Crippen molar-refractivity contribution in [3.63, 3.8) is 0 Å². The van der Waals surface area contributed by atoms with E-state index in [0.717, 1.165) is 37.3 Å². The molecule has 3 heteroatoms. The molecule has 22 heavy (non-hydrogen) atoms. The van der Waals surface area contributed by atoms with Gasteiger partial charge in [-0.15, -0.1) is 0 Å². The van der Waals surface area contributed by atoms with Gasteiger partial charge in [0.15, 0.2) is 5.78 Å². The van der Waals surface area contributed by atoms with Crippen LogP contribution in [0.3, 0.4) is 0 Å². The molecule has 3 nitrogen and oxygen atoms in total. The number of hydrogen-bond donors (Lipinski definition) is 0. The second-order valence-corrected chi connectivity index (χ2v) is 5.54. The summed E-state index contributed by atoms with van der Waals surface area (Å²) in [6.45, 7) is 8.31. The molecule has 1 aromatic heterocycles. The molecule has 1 aromatic carbocycles. The summed E-state index contributed by atoms with van der Waals surface area (Å²) in [4.78, 5) is 19.4. The predicted octanol–water partition coefficient (Wildman–Crippen LogP) is 4.25. The van der Waals surface area contributed by atoms with Crippen molar-refractivity contribution in [2.75, 3.05) is 18.0 Å². The van der Waals surface area contributed by atoms with E-state index in [1.54, 1.807) is 6.20 Å². The Bertz CT molecular complexity index is 617. The first-order chi connectivity index (χ1) is 10.7. The van der Waals surface area contributed by atoms with Gasteiger partial charge in [-0.3, -0.25) is 4.79 Å². The molecule has 2 rings (SSSR count). The van der Waals surface area contributed by atoms with Crippen LogP contribution in [0.5, 0.6) is 0 Å². The van der Waals surface area contributed by atoms with E-state index in [2.05, 4.69) is 23.7 Å². The summed E-state index contributed by atoms with van der Waals surface area (Å²) in [5.74, 6) is 1.00. The third-order valence-electron chi connectivity index (χ3n) is 3.69. The Morgan fingerprint density at radius 1 is 1.09 bits per heavy atom. The van der Waals surface area contributed by atoms with Gasteiger partial charge in [0.1, 0.15) is 5.82 Å². The van der Waals surface area contributed by atoms with Gasteiger partial charge >= 0.3 is 0 Å². The second-order valence-electron chi connectivity index (χ2n) is 5.54. The quantitative estimate of drug-likeness (QED) is 0.716. The van der Waals surface area contributed by atoms with Crippen LogP contribution in [-0.4, -0.2) is 23.9 Å². The normalized spacial score (nSPS) is 10.5. The molecular weight excluding hydrogens is 272 g/mol. The third kappa shape index (κ3) is 3.73. The van der Waals surface area contributed by atoms with E-state index in [0.29, 0.717) is 11.1 Å². The maximum atomic E-state index is 12.5. The number of pyridine rings is 1. The topological polar surface area (TPSA) is 33.2 Å². The fraction of sp³-hybridized carbons (Fsp3) is 0.368. The molecule has 0 saturated carbocycles. The first-order valence-electron chi connectivity index (χ1n) is 7.98. The number of carbonyl (C=O) groups is 1. The van der Waals surface area contributed by atoms with Crippen LogP contribution in [0.15, 0.2) is 42.6 Å². The number of aromatic nitrogens is 1. The molecule has 0 amide bonds. The summed E-state index contributed by atoms with van der Waals surface area (Å²) in [6, 6.07) is 11.4. The maximum absolute atomic E-state index is 12.5. The van der Waals surface area contributed by atoms with Crippen LogP contribution in [0, 0.1) is 6.92 Å². The lowest BCUT2D eigenvalue weighted by atomic mass is 10.0. The Labute approximate surface area is 133 Å². The number of ketones is 1. The fourth-order valence-electron chi connectivity index (χ4n) is 2.58. The molecule has 0 fully saturated rings. The SMILES string of the molecule is CCCN(CCC)c1cc(C)c(C(=O)c2ccccc2)cn1. The first-order valence-corrected chi connectivity index (χ1v) is 7.98. The van der Waals surface area contributed by atoms with Gasteiger partial charge < -0.3 is 4.90 Å². The fourth-order valence-corrected chi connectivity index (χ4v) is 2.58. The van der Waals surface area contributed by atoms with Gasteiger partial charge in [0, 0.05) is 30.4 Å². The van der Waals surface area contributed by atoms with Crippen molar-refractivity contribution < 1.29 is 4.79 Å². The molecule has 0 saturated heterocycles.